The number of ether oxygens (including phenoxy) is 2. The summed E-state index contributed by atoms with van der Waals surface area (Å²) in [7, 11) is 0. The lowest BCUT2D eigenvalue weighted by molar-refractivity contribution is -0.0534. The van der Waals surface area contributed by atoms with Gasteiger partial charge in [-0.2, -0.15) is 0 Å². The Labute approximate surface area is 111 Å². The van der Waals surface area contributed by atoms with Crippen molar-refractivity contribution in [1.29, 1.82) is 0 Å². The average Bonchev–Trinajstić information content (AvgIpc) is 2.80. The van der Waals surface area contributed by atoms with E-state index in [-0.39, 0.29) is 5.60 Å². The van der Waals surface area contributed by atoms with Crippen LogP contribution >= 0.6 is 0 Å². The lowest BCUT2D eigenvalue weighted by atomic mass is 9.94. The minimum atomic E-state index is -0.00691. The van der Waals surface area contributed by atoms with Gasteiger partial charge in [-0.05, 0) is 38.5 Å². The summed E-state index contributed by atoms with van der Waals surface area (Å²) in [5.74, 6) is 0. The van der Waals surface area contributed by atoms with Crippen LogP contribution in [0.5, 0.6) is 0 Å². The lowest BCUT2D eigenvalue weighted by Gasteiger charge is -2.31. The zero-order valence-corrected chi connectivity index (χ0v) is 11.7. The molecule has 106 valence electrons. The van der Waals surface area contributed by atoms with Crippen molar-refractivity contribution in [3.05, 3.63) is 0 Å². The molecule has 2 fully saturated rings. The minimum absolute atomic E-state index is 0.00691. The first-order chi connectivity index (χ1) is 8.85. The summed E-state index contributed by atoms with van der Waals surface area (Å²) in [6.07, 6.45) is 12.8. The fourth-order valence-electron chi connectivity index (χ4n) is 3.25. The van der Waals surface area contributed by atoms with Gasteiger partial charge in [0.25, 0.3) is 0 Å². The Morgan fingerprint density at radius 2 is 1.89 bits per heavy atom. The first kappa shape index (κ1) is 14.3. The maximum Gasteiger partial charge on any atom is 0.0804 e. The van der Waals surface area contributed by atoms with Gasteiger partial charge in [-0.25, -0.2) is 0 Å². The van der Waals surface area contributed by atoms with E-state index in [0.29, 0.717) is 12.6 Å². The Hall–Kier alpha value is -0.120. The molecule has 3 heteroatoms. The fraction of sp³-hybridized carbons (Fsp3) is 1.00. The maximum atomic E-state index is 6.18. The highest BCUT2D eigenvalue weighted by Gasteiger charge is 2.30. The van der Waals surface area contributed by atoms with Crippen molar-refractivity contribution in [2.24, 2.45) is 5.73 Å². The van der Waals surface area contributed by atoms with Crippen LogP contribution in [0.15, 0.2) is 0 Å². The second kappa shape index (κ2) is 7.46. The van der Waals surface area contributed by atoms with E-state index in [9.17, 15) is 0 Å². The topological polar surface area (TPSA) is 44.5 Å². The van der Waals surface area contributed by atoms with E-state index in [1.165, 1.54) is 38.5 Å². The Bertz CT molecular complexity index is 219. The highest BCUT2D eigenvalue weighted by molar-refractivity contribution is 4.84. The largest absolute Gasteiger partial charge is 0.378 e. The van der Waals surface area contributed by atoms with Crippen LogP contribution in [0.25, 0.3) is 0 Å². The zero-order valence-electron chi connectivity index (χ0n) is 11.7. The normalized spacial score (nSPS) is 28.2. The van der Waals surface area contributed by atoms with Crippen LogP contribution in [-0.2, 0) is 9.47 Å². The first-order valence-corrected chi connectivity index (χ1v) is 7.80. The molecule has 1 aliphatic heterocycles. The van der Waals surface area contributed by atoms with Gasteiger partial charge in [0, 0.05) is 19.8 Å². The molecule has 0 bridgehead atoms. The molecule has 2 aliphatic rings. The Morgan fingerprint density at radius 1 is 1.11 bits per heavy atom. The van der Waals surface area contributed by atoms with Crippen LogP contribution < -0.4 is 5.73 Å². The number of hydrogen-bond acceptors (Lipinski definition) is 3. The smallest absolute Gasteiger partial charge is 0.0804 e. The fourth-order valence-corrected chi connectivity index (χ4v) is 3.25. The van der Waals surface area contributed by atoms with Gasteiger partial charge in [-0.3, -0.25) is 0 Å². The zero-order chi connectivity index (χ0) is 12.7. The molecule has 1 aliphatic carbocycles. The first-order valence-electron chi connectivity index (χ1n) is 7.80. The number of hydrogen-bond donors (Lipinski definition) is 1. The van der Waals surface area contributed by atoms with Crippen LogP contribution in [0.3, 0.4) is 0 Å². The van der Waals surface area contributed by atoms with Gasteiger partial charge in [0.2, 0.25) is 0 Å². The summed E-state index contributed by atoms with van der Waals surface area (Å²) in [6, 6.07) is 0. The van der Waals surface area contributed by atoms with E-state index >= 15 is 0 Å². The molecule has 0 amide bonds. The molecule has 0 aromatic rings. The molecule has 0 radical (unpaired) electrons. The van der Waals surface area contributed by atoms with Gasteiger partial charge in [0.1, 0.15) is 0 Å². The predicted molar refractivity (Wildman–Crippen MR) is 73.6 cm³/mol. The third kappa shape index (κ3) is 4.22. The van der Waals surface area contributed by atoms with E-state index in [0.717, 1.165) is 38.9 Å². The number of nitrogens with two attached hydrogens (primary N) is 1. The third-order valence-electron chi connectivity index (χ3n) is 4.49. The van der Waals surface area contributed by atoms with Crippen molar-refractivity contribution in [3.63, 3.8) is 0 Å². The molecule has 1 unspecified atom stereocenters. The van der Waals surface area contributed by atoms with E-state index in [4.69, 9.17) is 15.2 Å². The Kier molecular flexibility index (Phi) is 5.93. The predicted octanol–water partition coefficient (Wildman–Crippen LogP) is 3.01. The minimum Gasteiger partial charge on any atom is -0.378 e. The van der Waals surface area contributed by atoms with Gasteiger partial charge in [0.15, 0.2) is 0 Å². The van der Waals surface area contributed by atoms with Crippen molar-refractivity contribution in [2.75, 3.05) is 19.8 Å². The molecule has 0 aromatic carbocycles. The summed E-state index contributed by atoms with van der Waals surface area (Å²) < 4.78 is 11.8. The van der Waals surface area contributed by atoms with Gasteiger partial charge in [0.05, 0.1) is 11.7 Å². The van der Waals surface area contributed by atoms with E-state index < -0.39 is 0 Å². The summed E-state index contributed by atoms with van der Waals surface area (Å²) in [6.45, 7) is 2.50. The molecule has 1 saturated carbocycles. The molecular formula is C15H29NO2. The van der Waals surface area contributed by atoms with Gasteiger partial charge < -0.3 is 15.2 Å². The number of rotatable bonds is 6. The van der Waals surface area contributed by atoms with E-state index in [1.807, 2.05) is 0 Å². The summed E-state index contributed by atoms with van der Waals surface area (Å²) in [5, 5.41) is 0. The van der Waals surface area contributed by atoms with Crippen molar-refractivity contribution < 1.29 is 9.47 Å². The molecular weight excluding hydrogens is 226 g/mol. The van der Waals surface area contributed by atoms with E-state index in [1.54, 1.807) is 0 Å². The van der Waals surface area contributed by atoms with Crippen LogP contribution in [0, 0.1) is 0 Å². The second-order valence-corrected chi connectivity index (χ2v) is 5.93. The SMILES string of the molecule is NCC1(OCCCC2CCCO2)CCCCCC1. The third-order valence-corrected chi connectivity index (χ3v) is 4.49. The molecule has 0 spiro atoms. The van der Waals surface area contributed by atoms with Gasteiger partial charge >= 0.3 is 0 Å². The molecule has 1 heterocycles. The van der Waals surface area contributed by atoms with Crippen LogP contribution in [0.4, 0.5) is 0 Å². The van der Waals surface area contributed by atoms with E-state index in [2.05, 4.69) is 0 Å². The van der Waals surface area contributed by atoms with Crippen molar-refractivity contribution in [2.45, 2.75) is 75.9 Å². The second-order valence-electron chi connectivity index (χ2n) is 5.93. The van der Waals surface area contributed by atoms with Crippen LogP contribution in [0.1, 0.15) is 64.2 Å². The van der Waals surface area contributed by atoms with Crippen molar-refractivity contribution >= 4 is 0 Å². The average molecular weight is 255 g/mol. The summed E-state index contributed by atoms with van der Waals surface area (Å²) in [4.78, 5) is 0. The summed E-state index contributed by atoms with van der Waals surface area (Å²) >= 11 is 0. The molecule has 1 atom stereocenters. The molecule has 3 nitrogen and oxygen atoms in total. The molecule has 2 N–H and O–H groups in total. The van der Waals surface area contributed by atoms with Gasteiger partial charge in [-0.15, -0.1) is 0 Å². The molecule has 2 rings (SSSR count). The summed E-state index contributed by atoms with van der Waals surface area (Å²) in [5.41, 5.74) is 5.96. The lowest BCUT2D eigenvalue weighted by Crippen LogP contribution is -2.40. The standard InChI is InChI=1S/C15H29NO2/c16-13-15(9-3-1-2-4-10-15)18-12-6-8-14-7-5-11-17-14/h14H,1-13,16H2. The van der Waals surface area contributed by atoms with Crippen molar-refractivity contribution in [1.82, 2.24) is 0 Å². The highest BCUT2D eigenvalue weighted by Crippen LogP contribution is 2.30. The highest BCUT2D eigenvalue weighted by atomic mass is 16.5. The molecule has 18 heavy (non-hydrogen) atoms. The molecule has 1 saturated heterocycles. The van der Waals surface area contributed by atoms with Crippen LogP contribution in [0.2, 0.25) is 0 Å². The monoisotopic (exact) mass is 255 g/mol. The Morgan fingerprint density at radius 3 is 2.50 bits per heavy atom. The maximum absolute atomic E-state index is 6.18. The van der Waals surface area contributed by atoms with Crippen LogP contribution in [-0.4, -0.2) is 31.5 Å². The molecule has 0 aromatic heterocycles. The Balaban J connectivity index is 1.65. The van der Waals surface area contributed by atoms with Gasteiger partial charge in [-0.1, -0.05) is 25.7 Å². The van der Waals surface area contributed by atoms with Crippen molar-refractivity contribution in [3.8, 4) is 0 Å². The quantitative estimate of drug-likeness (QED) is 0.586.